The Balaban J connectivity index is 3.09. The van der Waals surface area contributed by atoms with Gasteiger partial charge in [-0.1, -0.05) is 0 Å². The normalized spacial score (nSPS) is 11.0. The van der Waals surface area contributed by atoms with Crippen LogP contribution in [0.5, 0.6) is 0 Å². The summed E-state index contributed by atoms with van der Waals surface area (Å²) in [6.45, 7) is 1.01. The minimum atomic E-state index is 0.416. The predicted octanol–water partition coefficient (Wildman–Crippen LogP) is -2.34. The Bertz CT molecular complexity index is 56.2. The molecule has 0 aromatic rings. The maximum Gasteiger partial charge on any atom is 0.0695 e. The molecule has 0 aliphatic heterocycles. The minimum absolute atomic E-state index is 0.416. The van der Waals surface area contributed by atoms with Crippen molar-refractivity contribution in [3.05, 3.63) is 0 Å². The van der Waals surface area contributed by atoms with Crippen molar-refractivity contribution in [2.75, 3.05) is 26.8 Å². The molecule has 56 valence electrons. The molecule has 0 atom stereocenters. The second-order valence-electron chi connectivity index (χ2n) is 1.94. The summed E-state index contributed by atoms with van der Waals surface area (Å²) in [6, 6.07) is 0. The fourth-order valence-electron chi connectivity index (χ4n) is 0.637. The molecule has 0 saturated carbocycles. The van der Waals surface area contributed by atoms with Crippen LogP contribution >= 0.6 is 0 Å². The van der Waals surface area contributed by atoms with Gasteiger partial charge < -0.3 is 16.0 Å². The van der Waals surface area contributed by atoms with Gasteiger partial charge in [-0.2, -0.15) is 0 Å². The second-order valence-corrected chi connectivity index (χ2v) is 2.64. The van der Waals surface area contributed by atoms with Gasteiger partial charge in [0.05, 0.1) is 6.17 Å². The summed E-state index contributed by atoms with van der Waals surface area (Å²) in [4.78, 5) is 0. The topological polar surface area (TPSA) is 36.1 Å². The molecular formula is C5H17N3Si. The van der Waals surface area contributed by atoms with Crippen LogP contribution in [0.3, 0.4) is 0 Å². The minimum Gasteiger partial charge on any atom is -0.318 e. The van der Waals surface area contributed by atoms with Crippen LogP contribution in [0.15, 0.2) is 0 Å². The van der Waals surface area contributed by atoms with E-state index in [1.54, 1.807) is 0 Å². The molecule has 0 fully saturated rings. The smallest absolute Gasteiger partial charge is 0.0695 e. The van der Waals surface area contributed by atoms with Crippen LogP contribution in [0.4, 0.5) is 0 Å². The summed E-state index contributed by atoms with van der Waals surface area (Å²) < 4.78 is 0. The summed E-state index contributed by atoms with van der Waals surface area (Å²) in [5, 5.41) is 9.54. The molecule has 0 rings (SSSR count). The lowest BCUT2D eigenvalue weighted by molar-refractivity contribution is 0.470. The summed E-state index contributed by atoms with van der Waals surface area (Å²) in [5.41, 5.74) is 0. The van der Waals surface area contributed by atoms with Crippen LogP contribution in [0, 0.1) is 0 Å². The highest BCUT2D eigenvalue weighted by Gasteiger charge is 1.97. The van der Waals surface area contributed by atoms with Crippen molar-refractivity contribution in [3.8, 4) is 0 Å². The largest absolute Gasteiger partial charge is 0.318 e. The van der Waals surface area contributed by atoms with E-state index >= 15 is 0 Å². The molecule has 4 heteroatoms. The third-order valence-electron chi connectivity index (χ3n) is 1.30. The lowest BCUT2D eigenvalue weighted by Gasteiger charge is -2.14. The quantitative estimate of drug-likeness (QED) is 0.301. The standard InChI is InChI=1S/C5H17N3Si/c1-6-5(7-2)3-8-4-9/h5-8H,3-4H2,1-2,9H3. The van der Waals surface area contributed by atoms with Crippen LogP contribution in [-0.2, 0) is 0 Å². The molecule has 0 radical (unpaired) electrons. The zero-order chi connectivity index (χ0) is 7.11. The predicted molar refractivity (Wildman–Crippen MR) is 44.7 cm³/mol. The first kappa shape index (κ1) is 9.10. The Morgan fingerprint density at radius 2 is 1.89 bits per heavy atom. The van der Waals surface area contributed by atoms with Crippen LogP contribution in [0.2, 0.25) is 0 Å². The van der Waals surface area contributed by atoms with Gasteiger partial charge in [-0.15, -0.1) is 0 Å². The van der Waals surface area contributed by atoms with Crippen molar-refractivity contribution < 1.29 is 0 Å². The van der Waals surface area contributed by atoms with Crippen LogP contribution in [0.25, 0.3) is 0 Å². The molecule has 9 heavy (non-hydrogen) atoms. The maximum atomic E-state index is 3.29. The van der Waals surface area contributed by atoms with Crippen molar-refractivity contribution in [1.82, 2.24) is 16.0 Å². The number of nitrogens with one attached hydrogen (secondary N) is 3. The molecule has 3 N–H and O–H groups in total. The summed E-state index contributed by atoms with van der Waals surface area (Å²) >= 11 is 0. The van der Waals surface area contributed by atoms with Crippen molar-refractivity contribution in [2.24, 2.45) is 0 Å². The molecule has 0 aliphatic carbocycles. The fourth-order valence-corrected chi connectivity index (χ4v) is 0.926. The summed E-state index contributed by atoms with van der Waals surface area (Å²) in [5.74, 6) is 0. The molecule has 0 bridgehead atoms. The number of rotatable bonds is 5. The molecule has 0 unspecified atom stereocenters. The van der Waals surface area contributed by atoms with Crippen LogP contribution in [-0.4, -0.2) is 43.2 Å². The van der Waals surface area contributed by atoms with Crippen LogP contribution < -0.4 is 16.0 Å². The molecule has 0 amide bonds. The van der Waals surface area contributed by atoms with Gasteiger partial charge in [0.1, 0.15) is 0 Å². The molecule has 0 saturated heterocycles. The fraction of sp³-hybridized carbons (Fsp3) is 1.00. The van der Waals surface area contributed by atoms with Crippen molar-refractivity contribution in [2.45, 2.75) is 6.17 Å². The molecule has 0 aromatic carbocycles. The molecule has 0 aromatic heterocycles. The van der Waals surface area contributed by atoms with E-state index < -0.39 is 0 Å². The highest BCUT2D eigenvalue weighted by Crippen LogP contribution is 1.67. The van der Waals surface area contributed by atoms with Gasteiger partial charge in [-0.25, -0.2) is 0 Å². The Kier molecular flexibility index (Phi) is 6.29. The summed E-state index contributed by atoms with van der Waals surface area (Å²) in [6.07, 6.45) is 1.58. The first-order valence-corrected chi connectivity index (χ1v) is 4.81. The van der Waals surface area contributed by atoms with Gasteiger partial charge in [-0.05, 0) is 20.3 Å². The highest BCUT2D eigenvalue weighted by atomic mass is 28.1. The Morgan fingerprint density at radius 3 is 2.22 bits per heavy atom. The first-order chi connectivity index (χ1) is 4.35. The molecule has 0 heterocycles. The van der Waals surface area contributed by atoms with Gasteiger partial charge in [0.15, 0.2) is 0 Å². The number of likely N-dealkylation sites (N-methyl/N-ethyl adjacent to an activating group) is 2. The Hall–Kier alpha value is 0.0969. The van der Waals surface area contributed by atoms with E-state index in [1.807, 2.05) is 14.1 Å². The average Bonchev–Trinajstić information content (AvgIpc) is 1.91. The van der Waals surface area contributed by atoms with Crippen molar-refractivity contribution >= 4 is 10.2 Å². The zero-order valence-corrected chi connectivity index (χ0v) is 8.49. The molecule has 3 nitrogen and oxygen atoms in total. The lowest BCUT2D eigenvalue weighted by Crippen LogP contribution is -2.45. The van der Waals surface area contributed by atoms with E-state index in [-0.39, 0.29) is 0 Å². The Morgan fingerprint density at radius 1 is 1.33 bits per heavy atom. The van der Waals surface area contributed by atoms with Gasteiger partial charge in [-0.3, -0.25) is 0 Å². The lowest BCUT2D eigenvalue weighted by atomic mass is 10.5. The van der Waals surface area contributed by atoms with Crippen molar-refractivity contribution in [3.63, 3.8) is 0 Å². The average molecular weight is 147 g/mol. The van der Waals surface area contributed by atoms with E-state index in [4.69, 9.17) is 0 Å². The van der Waals surface area contributed by atoms with Gasteiger partial charge >= 0.3 is 0 Å². The van der Waals surface area contributed by atoms with E-state index in [1.165, 1.54) is 16.4 Å². The van der Waals surface area contributed by atoms with E-state index in [0.717, 1.165) is 6.54 Å². The van der Waals surface area contributed by atoms with E-state index in [0.29, 0.717) is 6.17 Å². The molecule has 0 aliphatic rings. The van der Waals surface area contributed by atoms with E-state index in [2.05, 4.69) is 16.0 Å². The van der Waals surface area contributed by atoms with Gasteiger partial charge in [0, 0.05) is 16.8 Å². The van der Waals surface area contributed by atoms with E-state index in [9.17, 15) is 0 Å². The Labute approximate surface area is 60.0 Å². The van der Waals surface area contributed by atoms with Crippen molar-refractivity contribution in [1.29, 1.82) is 0 Å². The summed E-state index contributed by atoms with van der Waals surface area (Å²) in [7, 11) is 5.14. The third-order valence-corrected chi connectivity index (χ3v) is 1.80. The second kappa shape index (κ2) is 6.22. The van der Waals surface area contributed by atoms with Crippen LogP contribution in [0.1, 0.15) is 0 Å². The molecular weight excluding hydrogens is 130 g/mol. The monoisotopic (exact) mass is 147 g/mol. The number of hydrogen-bond acceptors (Lipinski definition) is 3. The first-order valence-electron chi connectivity index (χ1n) is 3.40. The van der Waals surface area contributed by atoms with Gasteiger partial charge in [0.2, 0.25) is 0 Å². The maximum absolute atomic E-state index is 3.29. The third kappa shape index (κ3) is 4.59. The molecule has 0 spiro atoms. The van der Waals surface area contributed by atoms with Gasteiger partial charge in [0.25, 0.3) is 0 Å². The zero-order valence-electron chi connectivity index (χ0n) is 6.49. The highest BCUT2D eigenvalue weighted by molar-refractivity contribution is 6.08. The number of hydrogen-bond donors (Lipinski definition) is 3. The SMILES string of the molecule is CNC(CNC[SiH3])NC.